The largest absolute Gasteiger partial charge is 0.300 e. The minimum absolute atomic E-state index is 0.509. The van der Waals surface area contributed by atoms with Gasteiger partial charge in [0, 0.05) is 12.7 Å². The molecule has 1 rings (SSSR count). The lowest BCUT2D eigenvalue weighted by molar-refractivity contribution is 0.111. The lowest BCUT2D eigenvalue weighted by Crippen LogP contribution is -2.22. The first kappa shape index (κ1) is 10.9. The molecule has 0 spiro atoms. The summed E-state index contributed by atoms with van der Waals surface area (Å²) >= 11 is 0. The number of aromatic nitrogens is 1. The molecule has 3 nitrogen and oxygen atoms in total. The molecule has 0 saturated heterocycles. The first-order valence-electron chi connectivity index (χ1n) is 4.92. The molecule has 0 N–H and O–H groups in total. The highest BCUT2D eigenvalue weighted by Gasteiger charge is 2.01. The summed E-state index contributed by atoms with van der Waals surface area (Å²) in [4.78, 5) is 16.7. The van der Waals surface area contributed by atoms with Crippen molar-refractivity contribution < 1.29 is 4.79 Å². The van der Waals surface area contributed by atoms with E-state index in [0.717, 1.165) is 31.5 Å². The second-order valence-corrected chi connectivity index (χ2v) is 3.17. The van der Waals surface area contributed by atoms with Gasteiger partial charge in [0.05, 0.1) is 0 Å². The first-order chi connectivity index (χ1) is 6.80. The van der Waals surface area contributed by atoms with Crippen LogP contribution in [0.4, 0.5) is 0 Å². The van der Waals surface area contributed by atoms with Gasteiger partial charge in [-0.25, -0.2) is 0 Å². The van der Waals surface area contributed by atoms with Crippen molar-refractivity contribution >= 4 is 6.29 Å². The van der Waals surface area contributed by atoms with Gasteiger partial charge in [0.2, 0.25) is 0 Å². The van der Waals surface area contributed by atoms with E-state index in [9.17, 15) is 4.79 Å². The molecule has 0 atom stereocenters. The van der Waals surface area contributed by atoms with Crippen LogP contribution >= 0.6 is 0 Å². The number of carbonyl (C=O) groups excluding carboxylic acids is 1. The van der Waals surface area contributed by atoms with E-state index in [0.29, 0.717) is 5.69 Å². The Hall–Kier alpha value is -1.22. The van der Waals surface area contributed by atoms with Crippen LogP contribution in [-0.2, 0) is 6.54 Å². The van der Waals surface area contributed by atoms with Crippen molar-refractivity contribution in [2.75, 3.05) is 13.1 Å². The van der Waals surface area contributed by atoms with Gasteiger partial charge in [0.25, 0.3) is 0 Å². The average Bonchev–Trinajstić information content (AvgIpc) is 2.26. The van der Waals surface area contributed by atoms with Gasteiger partial charge in [0.1, 0.15) is 5.69 Å². The van der Waals surface area contributed by atoms with Crippen molar-refractivity contribution in [3.63, 3.8) is 0 Å². The highest BCUT2D eigenvalue weighted by Crippen LogP contribution is 2.04. The van der Waals surface area contributed by atoms with Crippen molar-refractivity contribution in [1.82, 2.24) is 9.88 Å². The second-order valence-electron chi connectivity index (χ2n) is 3.17. The van der Waals surface area contributed by atoms with Crippen molar-refractivity contribution in [3.05, 3.63) is 29.6 Å². The van der Waals surface area contributed by atoms with Crippen LogP contribution in [0.15, 0.2) is 18.3 Å². The van der Waals surface area contributed by atoms with Crippen molar-refractivity contribution in [1.29, 1.82) is 0 Å². The standard InChI is InChI=1S/C11H16N2O/c1-3-13(4-2)8-10-5-6-12-11(7-10)9-14/h5-7,9H,3-4,8H2,1-2H3. The van der Waals surface area contributed by atoms with Crippen LogP contribution in [0.2, 0.25) is 0 Å². The van der Waals surface area contributed by atoms with E-state index in [1.54, 1.807) is 6.20 Å². The maximum atomic E-state index is 10.5. The summed E-state index contributed by atoms with van der Waals surface area (Å²) in [6, 6.07) is 3.79. The molecule has 76 valence electrons. The molecular formula is C11H16N2O. The van der Waals surface area contributed by atoms with Crippen LogP contribution in [-0.4, -0.2) is 29.3 Å². The summed E-state index contributed by atoms with van der Waals surface area (Å²) in [6.07, 6.45) is 2.47. The molecule has 0 aliphatic rings. The van der Waals surface area contributed by atoms with Gasteiger partial charge in [-0.15, -0.1) is 0 Å². The van der Waals surface area contributed by atoms with Crippen molar-refractivity contribution in [2.24, 2.45) is 0 Å². The zero-order chi connectivity index (χ0) is 10.4. The van der Waals surface area contributed by atoms with Gasteiger partial charge in [-0.3, -0.25) is 14.7 Å². The average molecular weight is 192 g/mol. The van der Waals surface area contributed by atoms with E-state index >= 15 is 0 Å². The predicted molar refractivity (Wildman–Crippen MR) is 56.2 cm³/mol. The Balaban J connectivity index is 2.70. The molecule has 0 aliphatic carbocycles. The van der Waals surface area contributed by atoms with Crippen LogP contribution in [0, 0.1) is 0 Å². The number of aldehydes is 1. The minimum Gasteiger partial charge on any atom is -0.300 e. The highest BCUT2D eigenvalue weighted by atomic mass is 16.1. The van der Waals surface area contributed by atoms with Gasteiger partial charge in [-0.05, 0) is 30.8 Å². The Morgan fingerprint density at radius 2 is 2.14 bits per heavy atom. The highest BCUT2D eigenvalue weighted by molar-refractivity contribution is 5.71. The molecule has 0 bridgehead atoms. The van der Waals surface area contributed by atoms with E-state index in [1.165, 1.54) is 0 Å². The monoisotopic (exact) mass is 192 g/mol. The number of rotatable bonds is 5. The normalized spacial score (nSPS) is 10.5. The third kappa shape index (κ3) is 2.92. The summed E-state index contributed by atoms with van der Waals surface area (Å²) < 4.78 is 0. The number of hydrogen-bond acceptors (Lipinski definition) is 3. The van der Waals surface area contributed by atoms with Crippen LogP contribution in [0.5, 0.6) is 0 Å². The van der Waals surface area contributed by atoms with Crippen molar-refractivity contribution in [2.45, 2.75) is 20.4 Å². The van der Waals surface area contributed by atoms with E-state index in [1.807, 2.05) is 12.1 Å². The summed E-state index contributed by atoms with van der Waals surface area (Å²) in [5, 5.41) is 0. The molecule has 1 heterocycles. The fraction of sp³-hybridized carbons (Fsp3) is 0.455. The summed E-state index contributed by atoms with van der Waals surface area (Å²) in [6.45, 7) is 7.19. The van der Waals surface area contributed by atoms with Crippen LogP contribution in [0.25, 0.3) is 0 Å². The Labute approximate surface area is 84.8 Å². The van der Waals surface area contributed by atoms with E-state index in [2.05, 4.69) is 23.7 Å². The maximum Gasteiger partial charge on any atom is 0.168 e. The fourth-order valence-electron chi connectivity index (χ4n) is 1.36. The molecule has 14 heavy (non-hydrogen) atoms. The summed E-state index contributed by atoms with van der Waals surface area (Å²) in [7, 11) is 0. The Kier molecular flexibility index (Phi) is 4.26. The lowest BCUT2D eigenvalue weighted by atomic mass is 10.2. The van der Waals surface area contributed by atoms with Gasteiger partial charge in [0.15, 0.2) is 6.29 Å². The van der Waals surface area contributed by atoms with Crippen LogP contribution in [0.1, 0.15) is 29.9 Å². The SMILES string of the molecule is CCN(CC)Cc1ccnc(C=O)c1. The zero-order valence-corrected chi connectivity index (χ0v) is 8.73. The predicted octanol–water partition coefficient (Wildman–Crippen LogP) is 1.74. The van der Waals surface area contributed by atoms with E-state index < -0.39 is 0 Å². The molecule has 0 saturated carbocycles. The van der Waals surface area contributed by atoms with Crippen LogP contribution < -0.4 is 0 Å². The summed E-state index contributed by atoms with van der Waals surface area (Å²) in [5.74, 6) is 0. The molecule has 0 unspecified atom stereocenters. The number of nitrogens with zero attached hydrogens (tertiary/aromatic N) is 2. The second kappa shape index (κ2) is 5.50. The summed E-state index contributed by atoms with van der Waals surface area (Å²) in [5.41, 5.74) is 1.65. The van der Waals surface area contributed by atoms with Gasteiger partial charge in [-0.1, -0.05) is 13.8 Å². The first-order valence-corrected chi connectivity index (χ1v) is 4.92. The third-order valence-corrected chi connectivity index (χ3v) is 2.27. The fourth-order valence-corrected chi connectivity index (χ4v) is 1.36. The molecule has 1 aromatic heterocycles. The Morgan fingerprint density at radius 3 is 2.71 bits per heavy atom. The lowest BCUT2D eigenvalue weighted by Gasteiger charge is -2.17. The van der Waals surface area contributed by atoms with E-state index in [-0.39, 0.29) is 0 Å². The smallest absolute Gasteiger partial charge is 0.168 e. The molecule has 0 amide bonds. The molecule has 0 aromatic carbocycles. The molecule has 0 radical (unpaired) electrons. The van der Waals surface area contributed by atoms with Crippen LogP contribution in [0.3, 0.4) is 0 Å². The Bertz CT molecular complexity index is 295. The topological polar surface area (TPSA) is 33.2 Å². The molecular weight excluding hydrogens is 176 g/mol. The van der Waals surface area contributed by atoms with E-state index in [4.69, 9.17) is 0 Å². The molecule has 1 aromatic rings. The third-order valence-electron chi connectivity index (χ3n) is 2.27. The molecule has 0 fully saturated rings. The Morgan fingerprint density at radius 1 is 1.43 bits per heavy atom. The minimum atomic E-state index is 0.509. The van der Waals surface area contributed by atoms with Gasteiger partial charge < -0.3 is 0 Å². The number of carbonyl (C=O) groups is 1. The molecule has 3 heteroatoms. The van der Waals surface area contributed by atoms with Gasteiger partial charge >= 0.3 is 0 Å². The zero-order valence-electron chi connectivity index (χ0n) is 8.73. The number of hydrogen-bond donors (Lipinski definition) is 0. The van der Waals surface area contributed by atoms with Crippen molar-refractivity contribution in [3.8, 4) is 0 Å². The number of pyridine rings is 1. The molecule has 0 aliphatic heterocycles. The maximum absolute atomic E-state index is 10.5. The van der Waals surface area contributed by atoms with Gasteiger partial charge in [-0.2, -0.15) is 0 Å². The quantitative estimate of drug-likeness (QED) is 0.666.